The monoisotopic (exact) mass is 235 g/mol. The molecule has 0 aromatic heterocycles. The molecule has 4 nitrogen and oxygen atoms in total. The van der Waals surface area contributed by atoms with Crippen molar-refractivity contribution in [3.63, 3.8) is 0 Å². The zero-order valence-corrected chi connectivity index (χ0v) is 8.89. The van der Waals surface area contributed by atoms with Gasteiger partial charge < -0.3 is 9.84 Å². The van der Waals surface area contributed by atoms with Gasteiger partial charge in [-0.1, -0.05) is 12.1 Å². The minimum absolute atomic E-state index is 0.0201. The second kappa shape index (κ2) is 6.28. The summed E-state index contributed by atoms with van der Waals surface area (Å²) < 4.78 is 16.8. The lowest BCUT2D eigenvalue weighted by Gasteiger charge is -2.03. The van der Waals surface area contributed by atoms with E-state index in [1.807, 2.05) is 0 Å². The number of ether oxygens (including phenoxy) is 1. The van der Waals surface area contributed by atoms with Gasteiger partial charge in [0.25, 0.3) is 0 Å². The van der Waals surface area contributed by atoms with E-state index < -0.39 is 12.6 Å². The first-order valence-electron chi connectivity index (χ1n) is 4.81. The summed E-state index contributed by atoms with van der Waals surface area (Å²) in [7, 11) is 0. The van der Waals surface area contributed by atoms with Gasteiger partial charge in [0.15, 0.2) is 0 Å². The standard InChI is InChI=1S/C12H10FNO3/c13-5-6-17-11-3-1-9(2-4-11)7-10(8-14)12(15)16/h1-4,7H,5-6H2,(H,15,16)/b10-7+. The van der Waals surface area contributed by atoms with Gasteiger partial charge >= 0.3 is 5.97 Å². The highest BCUT2D eigenvalue weighted by molar-refractivity contribution is 5.96. The van der Waals surface area contributed by atoms with Crippen LogP contribution in [0.5, 0.6) is 5.75 Å². The summed E-state index contributed by atoms with van der Waals surface area (Å²) in [4.78, 5) is 10.6. The normalized spacial score (nSPS) is 10.7. The molecule has 0 radical (unpaired) electrons. The highest BCUT2D eigenvalue weighted by Crippen LogP contribution is 2.14. The third-order valence-corrected chi connectivity index (χ3v) is 1.89. The third-order valence-electron chi connectivity index (χ3n) is 1.89. The van der Waals surface area contributed by atoms with Crippen LogP contribution < -0.4 is 4.74 Å². The Bertz CT molecular complexity index is 460. The Balaban J connectivity index is 2.81. The van der Waals surface area contributed by atoms with Crippen LogP contribution in [0, 0.1) is 11.3 Å². The second-order valence-electron chi connectivity index (χ2n) is 3.08. The number of carboxylic acid groups (broad SMARTS) is 1. The number of nitriles is 1. The molecular formula is C12H10FNO3. The lowest BCUT2D eigenvalue weighted by atomic mass is 10.1. The Labute approximate surface area is 97.6 Å². The molecule has 1 rings (SSSR count). The molecule has 0 atom stereocenters. The Hall–Kier alpha value is -2.35. The molecule has 0 bridgehead atoms. The maximum atomic E-state index is 11.8. The van der Waals surface area contributed by atoms with Gasteiger partial charge in [0, 0.05) is 0 Å². The van der Waals surface area contributed by atoms with Crippen molar-refractivity contribution < 1.29 is 19.0 Å². The van der Waals surface area contributed by atoms with Crippen molar-refractivity contribution in [3.05, 3.63) is 35.4 Å². The lowest BCUT2D eigenvalue weighted by molar-refractivity contribution is -0.132. The van der Waals surface area contributed by atoms with Crippen LogP contribution in [0.25, 0.3) is 6.08 Å². The lowest BCUT2D eigenvalue weighted by Crippen LogP contribution is -1.99. The number of halogens is 1. The van der Waals surface area contributed by atoms with Crippen LogP contribution in [0.15, 0.2) is 29.8 Å². The summed E-state index contributed by atoms with van der Waals surface area (Å²) in [5.41, 5.74) is 0.221. The Morgan fingerprint density at radius 1 is 1.47 bits per heavy atom. The van der Waals surface area contributed by atoms with Gasteiger partial charge in [-0.2, -0.15) is 5.26 Å². The number of nitrogens with zero attached hydrogens (tertiary/aromatic N) is 1. The average Bonchev–Trinajstić information content (AvgIpc) is 2.34. The molecule has 1 aromatic rings. The summed E-state index contributed by atoms with van der Waals surface area (Å²) in [5.74, 6) is -0.779. The van der Waals surface area contributed by atoms with E-state index >= 15 is 0 Å². The fourth-order valence-electron chi connectivity index (χ4n) is 1.13. The molecule has 0 unspecified atom stereocenters. The van der Waals surface area contributed by atoms with E-state index in [0.717, 1.165) is 0 Å². The maximum Gasteiger partial charge on any atom is 0.346 e. The highest BCUT2D eigenvalue weighted by atomic mass is 19.1. The molecule has 0 aliphatic heterocycles. The van der Waals surface area contributed by atoms with Crippen LogP contribution >= 0.6 is 0 Å². The Morgan fingerprint density at radius 3 is 2.59 bits per heavy atom. The van der Waals surface area contributed by atoms with E-state index in [4.69, 9.17) is 15.1 Å². The summed E-state index contributed by atoms with van der Waals surface area (Å²) in [5, 5.41) is 17.2. The van der Waals surface area contributed by atoms with Gasteiger partial charge in [-0.25, -0.2) is 9.18 Å². The smallest absolute Gasteiger partial charge is 0.346 e. The van der Waals surface area contributed by atoms with Crippen LogP contribution in [-0.2, 0) is 4.79 Å². The number of benzene rings is 1. The van der Waals surface area contributed by atoms with Gasteiger partial charge in [-0.05, 0) is 23.8 Å². The van der Waals surface area contributed by atoms with Crippen LogP contribution in [-0.4, -0.2) is 24.4 Å². The largest absolute Gasteiger partial charge is 0.491 e. The van der Waals surface area contributed by atoms with Crippen molar-refractivity contribution in [2.75, 3.05) is 13.3 Å². The quantitative estimate of drug-likeness (QED) is 0.626. The van der Waals surface area contributed by atoms with Crippen molar-refractivity contribution in [1.29, 1.82) is 5.26 Å². The number of carboxylic acids is 1. The molecule has 1 N–H and O–H groups in total. The van der Waals surface area contributed by atoms with E-state index in [1.54, 1.807) is 30.3 Å². The van der Waals surface area contributed by atoms with E-state index in [1.165, 1.54) is 6.08 Å². The molecule has 0 saturated carbocycles. The first-order chi connectivity index (χ1) is 8.17. The van der Waals surface area contributed by atoms with Crippen molar-refractivity contribution in [1.82, 2.24) is 0 Å². The molecule has 0 spiro atoms. The predicted octanol–water partition coefficient (Wildman–Crippen LogP) is 2.03. The van der Waals surface area contributed by atoms with Gasteiger partial charge in [-0.15, -0.1) is 0 Å². The predicted molar refractivity (Wildman–Crippen MR) is 59.1 cm³/mol. The summed E-state index contributed by atoms with van der Waals surface area (Å²) in [6.07, 6.45) is 1.25. The maximum absolute atomic E-state index is 11.8. The summed E-state index contributed by atoms with van der Waals surface area (Å²) in [6.45, 7) is -0.590. The van der Waals surface area contributed by atoms with Crippen molar-refractivity contribution in [2.45, 2.75) is 0 Å². The molecule has 0 fully saturated rings. The van der Waals surface area contributed by atoms with Crippen LogP contribution in [0.1, 0.15) is 5.56 Å². The number of hydrogen-bond donors (Lipinski definition) is 1. The molecule has 0 aliphatic rings. The zero-order valence-electron chi connectivity index (χ0n) is 8.89. The minimum atomic E-state index is -1.27. The average molecular weight is 235 g/mol. The third kappa shape index (κ3) is 3.95. The topological polar surface area (TPSA) is 70.3 Å². The second-order valence-corrected chi connectivity index (χ2v) is 3.08. The number of rotatable bonds is 5. The Kier molecular flexibility index (Phi) is 4.70. The molecule has 17 heavy (non-hydrogen) atoms. The number of alkyl halides is 1. The van der Waals surface area contributed by atoms with E-state index in [-0.39, 0.29) is 12.2 Å². The SMILES string of the molecule is N#C/C(=C\c1ccc(OCCF)cc1)C(=O)O. The summed E-state index contributed by atoms with van der Waals surface area (Å²) in [6, 6.07) is 7.93. The first kappa shape index (κ1) is 12.7. The van der Waals surface area contributed by atoms with E-state index in [9.17, 15) is 9.18 Å². The van der Waals surface area contributed by atoms with E-state index in [2.05, 4.69) is 0 Å². The van der Waals surface area contributed by atoms with Crippen molar-refractivity contribution in [2.24, 2.45) is 0 Å². The number of aliphatic carboxylic acids is 1. The molecule has 0 amide bonds. The van der Waals surface area contributed by atoms with Crippen molar-refractivity contribution >= 4 is 12.0 Å². The number of carbonyl (C=O) groups is 1. The summed E-state index contributed by atoms with van der Waals surface area (Å²) >= 11 is 0. The first-order valence-corrected chi connectivity index (χ1v) is 4.81. The zero-order chi connectivity index (χ0) is 12.7. The fraction of sp³-hybridized carbons (Fsp3) is 0.167. The fourth-order valence-corrected chi connectivity index (χ4v) is 1.13. The molecule has 0 saturated heterocycles. The molecule has 1 aromatic carbocycles. The van der Waals surface area contributed by atoms with Crippen LogP contribution in [0.4, 0.5) is 4.39 Å². The van der Waals surface area contributed by atoms with Gasteiger partial charge in [0.2, 0.25) is 0 Å². The van der Waals surface area contributed by atoms with Gasteiger partial charge in [0.1, 0.15) is 30.7 Å². The van der Waals surface area contributed by atoms with E-state index in [0.29, 0.717) is 11.3 Å². The minimum Gasteiger partial charge on any atom is -0.491 e. The molecule has 0 aliphatic carbocycles. The Morgan fingerprint density at radius 2 is 2.12 bits per heavy atom. The molecular weight excluding hydrogens is 225 g/mol. The van der Waals surface area contributed by atoms with Crippen LogP contribution in [0.2, 0.25) is 0 Å². The van der Waals surface area contributed by atoms with Crippen LogP contribution in [0.3, 0.4) is 0 Å². The molecule has 0 heterocycles. The van der Waals surface area contributed by atoms with Gasteiger partial charge in [0.05, 0.1) is 0 Å². The molecule has 88 valence electrons. The highest BCUT2D eigenvalue weighted by Gasteiger charge is 2.05. The number of hydrogen-bond acceptors (Lipinski definition) is 3. The van der Waals surface area contributed by atoms with Gasteiger partial charge in [-0.3, -0.25) is 0 Å². The molecule has 5 heteroatoms. The van der Waals surface area contributed by atoms with Crippen molar-refractivity contribution in [3.8, 4) is 11.8 Å².